The van der Waals surface area contributed by atoms with Gasteiger partial charge in [-0.3, -0.25) is 0 Å². The summed E-state index contributed by atoms with van der Waals surface area (Å²) in [7, 11) is 0. The molecule has 0 aliphatic carbocycles. The van der Waals surface area contributed by atoms with E-state index in [9.17, 15) is 0 Å². The van der Waals surface area contributed by atoms with Crippen molar-refractivity contribution in [2.24, 2.45) is 0 Å². The first-order chi connectivity index (χ1) is 7.75. The van der Waals surface area contributed by atoms with E-state index in [2.05, 4.69) is 51.4 Å². The zero-order chi connectivity index (χ0) is 11.4. The molecule has 2 atom stereocenters. The van der Waals surface area contributed by atoms with Gasteiger partial charge in [0.05, 0.1) is 0 Å². The molecule has 0 spiro atoms. The molecule has 0 radical (unpaired) electrons. The second kappa shape index (κ2) is 6.43. The molecule has 2 unspecified atom stereocenters. The molecule has 0 aromatic carbocycles. The molecule has 2 rings (SSSR count). The summed E-state index contributed by atoms with van der Waals surface area (Å²) in [6, 6.07) is 2.70. The van der Waals surface area contributed by atoms with Gasteiger partial charge in [0.25, 0.3) is 0 Å². The van der Waals surface area contributed by atoms with Gasteiger partial charge in [0.1, 0.15) is 0 Å². The molecule has 2 heterocycles. The predicted molar refractivity (Wildman–Crippen MR) is 78.5 cm³/mol. The maximum atomic E-state index is 3.65. The van der Waals surface area contributed by atoms with Crippen LogP contribution in [0.2, 0.25) is 0 Å². The largest absolute Gasteiger partial charge is 0.308 e. The van der Waals surface area contributed by atoms with E-state index in [0.717, 1.165) is 11.8 Å². The van der Waals surface area contributed by atoms with Gasteiger partial charge >= 0.3 is 0 Å². The number of thioether (sulfide) groups is 1. The third-order valence-corrected chi connectivity index (χ3v) is 6.21. The SMILES string of the molecule is CC(NCC1CCCCS1)c1cc(Br)cs1. The molecule has 1 aromatic rings. The van der Waals surface area contributed by atoms with Gasteiger partial charge in [-0.2, -0.15) is 11.8 Å². The van der Waals surface area contributed by atoms with Crippen molar-refractivity contribution in [3.63, 3.8) is 0 Å². The average Bonchev–Trinajstić information content (AvgIpc) is 2.74. The first kappa shape index (κ1) is 12.9. The van der Waals surface area contributed by atoms with Crippen LogP contribution in [0.4, 0.5) is 0 Å². The zero-order valence-electron chi connectivity index (χ0n) is 9.54. The predicted octanol–water partition coefficient (Wildman–Crippen LogP) is 4.45. The Morgan fingerprint density at radius 3 is 3.06 bits per heavy atom. The summed E-state index contributed by atoms with van der Waals surface area (Å²) >= 11 is 7.47. The third-order valence-electron chi connectivity index (χ3n) is 2.94. The topological polar surface area (TPSA) is 12.0 Å². The van der Waals surface area contributed by atoms with Gasteiger partial charge in [-0.15, -0.1) is 11.3 Å². The first-order valence-electron chi connectivity index (χ1n) is 5.84. The minimum Gasteiger partial charge on any atom is -0.308 e. The summed E-state index contributed by atoms with van der Waals surface area (Å²) in [5.74, 6) is 1.35. The van der Waals surface area contributed by atoms with Crippen LogP contribution < -0.4 is 5.32 Å². The van der Waals surface area contributed by atoms with Gasteiger partial charge < -0.3 is 5.32 Å². The summed E-state index contributed by atoms with van der Waals surface area (Å²) < 4.78 is 1.20. The molecule has 0 bridgehead atoms. The maximum Gasteiger partial charge on any atom is 0.0386 e. The molecule has 0 saturated carbocycles. The Morgan fingerprint density at radius 1 is 1.56 bits per heavy atom. The molecular weight excluding hydrogens is 302 g/mol. The van der Waals surface area contributed by atoms with E-state index in [1.54, 1.807) is 0 Å². The Kier molecular flexibility index (Phi) is 5.20. The molecular formula is C12H18BrNS2. The Balaban J connectivity index is 1.76. The van der Waals surface area contributed by atoms with Crippen molar-refractivity contribution in [1.82, 2.24) is 5.32 Å². The van der Waals surface area contributed by atoms with E-state index in [0.29, 0.717) is 6.04 Å². The van der Waals surface area contributed by atoms with Gasteiger partial charge in [-0.05, 0) is 47.5 Å². The summed E-state index contributed by atoms with van der Waals surface area (Å²) in [5, 5.41) is 6.64. The molecule has 1 aliphatic heterocycles. The number of hydrogen-bond donors (Lipinski definition) is 1. The Bertz CT molecular complexity index is 321. The van der Waals surface area contributed by atoms with Crippen LogP contribution >= 0.6 is 39.0 Å². The number of hydrogen-bond acceptors (Lipinski definition) is 3. The van der Waals surface area contributed by atoms with Gasteiger partial charge in [-0.1, -0.05) is 6.42 Å². The molecule has 1 fully saturated rings. The normalized spacial score (nSPS) is 23.2. The van der Waals surface area contributed by atoms with E-state index in [1.807, 2.05) is 11.3 Å². The van der Waals surface area contributed by atoms with Crippen LogP contribution in [-0.2, 0) is 0 Å². The lowest BCUT2D eigenvalue weighted by atomic mass is 10.2. The van der Waals surface area contributed by atoms with Gasteiger partial charge in [-0.25, -0.2) is 0 Å². The number of nitrogens with one attached hydrogen (secondary N) is 1. The van der Waals surface area contributed by atoms with Crippen LogP contribution in [0.5, 0.6) is 0 Å². The summed E-state index contributed by atoms with van der Waals surface area (Å²) in [6.45, 7) is 3.41. The van der Waals surface area contributed by atoms with Crippen molar-refractivity contribution in [3.8, 4) is 0 Å². The van der Waals surface area contributed by atoms with Crippen molar-refractivity contribution in [2.45, 2.75) is 37.5 Å². The lowest BCUT2D eigenvalue weighted by molar-refractivity contribution is 0.543. The monoisotopic (exact) mass is 319 g/mol. The minimum atomic E-state index is 0.485. The quantitative estimate of drug-likeness (QED) is 0.880. The third kappa shape index (κ3) is 3.76. The Labute approximate surface area is 115 Å². The standard InChI is InChI=1S/C12H18BrNS2/c1-9(12-6-10(13)8-16-12)14-7-11-4-2-3-5-15-11/h6,8-9,11,14H,2-5,7H2,1H3. The second-order valence-corrected chi connectivity index (χ2v) is 7.55. The molecule has 1 saturated heterocycles. The lowest BCUT2D eigenvalue weighted by Gasteiger charge is -2.23. The Morgan fingerprint density at radius 2 is 2.44 bits per heavy atom. The molecule has 4 heteroatoms. The highest BCUT2D eigenvalue weighted by Crippen LogP contribution is 2.27. The van der Waals surface area contributed by atoms with Crippen LogP contribution in [0, 0.1) is 0 Å². The minimum absolute atomic E-state index is 0.485. The van der Waals surface area contributed by atoms with Crippen LogP contribution in [0.1, 0.15) is 37.1 Å². The molecule has 1 N–H and O–H groups in total. The molecule has 1 aliphatic rings. The second-order valence-electron chi connectivity index (χ2n) is 4.29. The van der Waals surface area contributed by atoms with Crippen molar-refractivity contribution in [2.75, 3.05) is 12.3 Å². The van der Waals surface area contributed by atoms with E-state index in [4.69, 9.17) is 0 Å². The van der Waals surface area contributed by atoms with Crippen molar-refractivity contribution < 1.29 is 0 Å². The zero-order valence-corrected chi connectivity index (χ0v) is 12.8. The fourth-order valence-electron chi connectivity index (χ4n) is 1.93. The fourth-order valence-corrected chi connectivity index (χ4v) is 4.66. The van der Waals surface area contributed by atoms with E-state index >= 15 is 0 Å². The van der Waals surface area contributed by atoms with Crippen molar-refractivity contribution >= 4 is 39.0 Å². The first-order valence-corrected chi connectivity index (χ1v) is 8.57. The maximum absolute atomic E-state index is 3.65. The lowest BCUT2D eigenvalue weighted by Crippen LogP contribution is -2.28. The molecule has 1 aromatic heterocycles. The van der Waals surface area contributed by atoms with Crippen LogP contribution in [0.25, 0.3) is 0 Å². The number of rotatable bonds is 4. The number of halogens is 1. The fraction of sp³-hybridized carbons (Fsp3) is 0.667. The summed E-state index contributed by atoms with van der Waals surface area (Å²) in [6.07, 6.45) is 4.21. The molecule has 0 amide bonds. The molecule has 16 heavy (non-hydrogen) atoms. The van der Waals surface area contributed by atoms with Gasteiger partial charge in [0.15, 0.2) is 0 Å². The Hall–Kier alpha value is 0.490. The summed E-state index contributed by atoms with van der Waals surface area (Å²) in [5.41, 5.74) is 0. The van der Waals surface area contributed by atoms with Crippen molar-refractivity contribution in [3.05, 3.63) is 20.8 Å². The molecule has 90 valence electrons. The number of thiophene rings is 1. The van der Waals surface area contributed by atoms with Crippen LogP contribution in [0.15, 0.2) is 15.9 Å². The van der Waals surface area contributed by atoms with Gasteiger partial charge in [0.2, 0.25) is 0 Å². The van der Waals surface area contributed by atoms with Gasteiger partial charge in [0, 0.05) is 32.6 Å². The van der Waals surface area contributed by atoms with E-state index in [1.165, 1.54) is 34.4 Å². The van der Waals surface area contributed by atoms with E-state index in [-0.39, 0.29) is 0 Å². The smallest absolute Gasteiger partial charge is 0.0386 e. The van der Waals surface area contributed by atoms with Crippen LogP contribution in [0.3, 0.4) is 0 Å². The van der Waals surface area contributed by atoms with Crippen molar-refractivity contribution in [1.29, 1.82) is 0 Å². The highest BCUT2D eigenvalue weighted by molar-refractivity contribution is 9.10. The summed E-state index contributed by atoms with van der Waals surface area (Å²) in [4.78, 5) is 1.42. The highest BCUT2D eigenvalue weighted by atomic mass is 79.9. The van der Waals surface area contributed by atoms with Crippen LogP contribution in [-0.4, -0.2) is 17.5 Å². The highest BCUT2D eigenvalue weighted by Gasteiger charge is 2.15. The molecule has 1 nitrogen and oxygen atoms in total. The average molecular weight is 320 g/mol. The van der Waals surface area contributed by atoms with E-state index < -0.39 is 0 Å².